The van der Waals surface area contributed by atoms with Gasteiger partial charge in [-0.05, 0) is 31.2 Å². The zero-order valence-electron chi connectivity index (χ0n) is 15.3. The summed E-state index contributed by atoms with van der Waals surface area (Å²) in [5.74, 6) is -0.490. The first-order chi connectivity index (χ1) is 13.1. The van der Waals surface area contributed by atoms with Crippen molar-refractivity contribution in [3.8, 4) is 0 Å². The average Bonchev–Trinajstić information content (AvgIpc) is 2.91. The maximum absolute atomic E-state index is 12.6. The van der Waals surface area contributed by atoms with Gasteiger partial charge in [-0.1, -0.05) is 42.5 Å². The van der Waals surface area contributed by atoms with Crippen molar-refractivity contribution < 1.29 is 14.4 Å². The Balaban J connectivity index is 1.21. The van der Waals surface area contributed by atoms with Crippen LogP contribution in [-0.2, 0) is 16.0 Å². The molecule has 1 aliphatic carbocycles. The van der Waals surface area contributed by atoms with Gasteiger partial charge in [0.1, 0.15) is 0 Å². The predicted octanol–water partition coefficient (Wildman–Crippen LogP) is 1.96. The highest BCUT2D eigenvalue weighted by Gasteiger charge is 2.52. The molecule has 4 amide bonds. The summed E-state index contributed by atoms with van der Waals surface area (Å²) in [6.07, 6.45) is 7.11. The van der Waals surface area contributed by atoms with Gasteiger partial charge in [0.05, 0.1) is 17.9 Å². The molecule has 3 aliphatic rings. The fourth-order valence-electron chi connectivity index (χ4n) is 4.21. The number of allylic oxidation sites excluding steroid dienone is 2. The standard InChI is InChI=1S/C21H25N3O3/c25-19-17-10-4-5-11-18(17)20(26)24(19)16-13-23(14-16)21(27)22-12-6-9-15-7-2-1-3-8-15/h1-5,7-8,16-18H,6,9-14H2,(H,22,27). The fraction of sp³-hybridized carbons (Fsp3) is 0.476. The molecule has 27 heavy (non-hydrogen) atoms. The first-order valence-corrected chi connectivity index (χ1v) is 9.74. The van der Waals surface area contributed by atoms with Gasteiger partial charge >= 0.3 is 6.03 Å². The minimum atomic E-state index is -0.191. The van der Waals surface area contributed by atoms with Gasteiger partial charge in [0.25, 0.3) is 0 Å². The van der Waals surface area contributed by atoms with Gasteiger partial charge in [-0.15, -0.1) is 0 Å². The number of carbonyl (C=O) groups is 3. The summed E-state index contributed by atoms with van der Waals surface area (Å²) in [7, 11) is 0. The number of likely N-dealkylation sites (tertiary alicyclic amines) is 2. The van der Waals surface area contributed by atoms with E-state index in [0.717, 1.165) is 12.8 Å². The third kappa shape index (κ3) is 3.48. The van der Waals surface area contributed by atoms with Crippen LogP contribution < -0.4 is 5.32 Å². The van der Waals surface area contributed by atoms with Crippen LogP contribution in [0.15, 0.2) is 42.5 Å². The maximum Gasteiger partial charge on any atom is 0.317 e. The van der Waals surface area contributed by atoms with Crippen molar-refractivity contribution >= 4 is 17.8 Å². The van der Waals surface area contributed by atoms with Gasteiger partial charge in [0, 0.05) is 19.6 Å². The monoisotopic (exact) mass is 367 g/mol. The summed E-state index contributed by atoms with van der Waals surface area (Å²) in [5, 5.41) is 2.93. The number of rotatable bonds is 5. The Morgan fingerprint density at radius 1 is 1.00 bits per heavy atom. The lowest BCUT2D eigenvalue weighted by molar-refractivity contribution is -0.145. The minimum absolute atomic E-state index is 0.0535. The molecule has 1 aromatic rings. The van der Waals surface area contributed by atoms with Crippen molar-refractivity contribution in [2.75, 3.05) is 19.6 Å². The smallest absolute Gasteiger partial charge is 0.317 e. The van der Waals surface area contributed by atoms with Crippen molar-refractivity contribution in [1.82, 2.24) is 15.1 Å². The van der Waals surface area contributed by atoms with E-state index in [1.54, 1.807) is 4.90 Å². The van der Waals surface area contributed by atoms with Crippen LogP contribution >= 0.6 is 0 Å². The normalized spacial score (nSPS) is 24.7. The van der Waals surface area contributed by atoms with Crippen LogP contribution in [0.4, 0.5) is 4.79 Å². The topological polar surface area (TPSA) is 69.7 Å². The number of hydrogen-bond donors (Lipinski definition) is 1. The van der Waals surface area contributed by atoms with Crippen molar-refractivity contribution in [3.05, 3.63) is 48.0 Å². The number of aryl methyl sites for hydroxylation is 1. The van der Waals surface area contributed by atoms with Crippen molar-refractivity contribution in [2.24, 2.45) is 11.8 Å². The third-order valence-electron chi connectivity index (χ3n) is 5.82. The zero-order chi connectivity index (χ0) is 18.8. The van der Waals surface area contributed by atoms with E-state index in [2.05, 4.69) is 17.4 Å². The lowest BCUT2D eigenvalue weighted by Crippen LogP contribution is -2.64. The second kappa shape index (κ2) is 7.55. The number of amides is 4. The molecule has 2 unspecified atom stereocenters. The van der Waals surface area contributed by atoms with E-state index in [9.17, 15) is 14.4 Å². The second-order valence-corrected chi connectivity index (χ2v) is 7.58. The predicted molar refractivity (Wildman–Crippen MR) is 101 cm³/mol. The van der Waals surface area contributed by atoms with E-state index < -0.39 is 0 Å². The van der Waals surface area contributed by atoms with Crippen LogP contribution in [0.25, 0.3) is 0 Å². The van der Waals surface area contributed by atoms with Gasteiger partial charge in [-0.3, -0.25) is 14.5 Å². The van der Waals surface area contributed by atoms with Gasteiger partial charge in [0.15, 0.2) is 0 Å². The van der Waals surface area contributed by atoms with Gasteiger partial charge in [0.2, 0.25) is 11.8 Å². The minimum Gasteiger partial charge on any atom is -0.338 e. The van der Waals surface area contributed by atoms with Crippen LogP contribution in [0.1, 0.15) is 24.8 Å². The summed E-state index contributed by atoms with van der Waals surface area (Å²) in [5.41, 5.74) is 1.26. The number of urea groups is 1. The van der Waals surface area contributed by atoms with Crippen molar-refractivity contribution in [3.63, 3.8) is 0 Å². The Bertz CT molecular complexity index is 729. The molecule has 0 radical (unpaired) electrons. The van der Waals surface area contributed by atoms with E-state index in [1.807, 2.05) is 30.4 Å². The number of imide groups is 1. The molecular formula is C21H25N3O3. The molecule has 142 valence electrons. The van der Waals surface area contributed by atoms with Crippen molar-refractivity contribution in [2.45, 2.75) is 31.7 Å². The number of benzene rings is 1. The van der Waals surface area contributed by atoms with Crippen LogP contribution in [0.3, 0.4) is 0 Å². The van der Waals surface area contributed by atoms with Crippen LogP contribution in [-0.4, -0.2) is 53.3 Å². The summed E-state index contributed by atoms with van der Waals surface area (Å²) in [6, 6.07) is 9.91. The van der Waals surface area contributed by atoms with Crippen molar-refractivity contribution in [1.29, 1.82) is 0 Å². The van der Waals surface area contributed by atoms with E-state index in [-0.39, 0.29) is 35.7 Å². The molecule has 2 fully saturated rings. The quantitative estimate of drug-likeness (QED) is 0.491. The SMILES string of the molecule is O=C(NCCCc1ccccc1)N1CC(N2C(=O)C3CC=CCC3C2=O)C1. The molecule has 2 heterocycles. The Kier molecular flexibility index (Phi) is 4.97. The molecule has 2 saturated heterocycles. The van der Waals surface area contributed by atoms with Gasteiger partial charge in [-0.25, -0.2) is 4.79 Å². The molecule has 0 bridgehead atoms. The highest BCUT2D eigenvalue weighted by atomic mass is 16.2. The van der Waals surface area contributed by atoms with E-state index in [4.69, 9.17) is 0 Å². The Hall–Kier alpha value is -2.63. The number of nitrogens with one attached hydrogen (secondary N) is 1. The molecule has 4 rings (SSSR count). The molecule has 0 spiro atoms. The maximum atomic E-state index is 12.6. The largest absolute Gasteiger partial charge is 0.338 e. The molecular weight excluding hydrogens is 342 g/mol. The lowest BCUT2D eigenvalue weighted by Gasteiger charge is -2.43. The van der Waals surface area contributed by atoms with E-state index in [0.29, 0.717) is 32.5 Å². The van der Waals surface area contributed by atoms with E-state index >= 15 is 0 Å². The molecule has 0 saturated carbocycles. The number of carbonyl (C=O) groups excluding carboxylic acids is 3. The van der Waals surface area contributed by atoms with Gasteiger partial charge < -0.3 is 10.2 Å². The summed E-state index contributed by atoms with van der Waals surface area (Å²) < 4.78 is 0. The fourth-order valence-corrected chi connectivity index (χ4v) is 4.21. The Labute approximate surface area is 159 Å². The molecule has 2 atom stereocenters. The lowest BCUT2D eigenvalue weighted by atomic mass is 9.85. The number of fused-ring (bicyclic) bond motifs is 1. The first-order valence-electron chi connectivity index (χ1n) is 9.74. The summed E-state index contributed by atoms with van der Waals surface area (Å²) in [6.45, 7) is 1.50. The molecule has 6 heteroatoms. The third-order valence-corrected chi connectivity index (χ3v) is 5.82. The van der Waals surface area contributed by atoms with E-state index in [1.165, 1.54) is 10.5 Å². The van der Waals surface area contributed by atoms with Crippen LogP contribution in [0.5, 0.6) is 0 Å². The Morgan fingerprint density at radius 2 is 1.63 bits per heavy atom. The number of hydrogen-bond acceptors (Lipinski definition) is 3. The van der Waals surface area contributed by atoms with Crippen LogP contribution in [0, 0.1) is 11.8 Å². The molecule has 0 aromatic heterocycles. The molecule has 2 aliphatic heterocycles. The Morgan fingerprint density at radius 3 is 2.26 bits per heavy atom. The van der Waals surface area contributed by atoms with Crippen LogP contribution in [0.2, 0.25) is 0 Å². The average molecular weight is 367 g/mol. The molecule has 1 N–H and O–H groups in total. The highest BCUT2D eigenvalue weighted by molar-refractivity contribution is 6.06. The summed E-state index contributed by atoms with van der Waals surface area (Å²) >= 11 is 0. The second-order valence-electron chi connectivity index (χ2n) is 7.58. The highest BCUT2D eigenvalue weighted by Crippen LogP contribution is 2.37. The molecule has 6 nitrogen and oxygen atoms in total. The zero-order valence-corrected chi connectivity index (χ0v) is 15.3. The first kappa shape index (κ1) is 17.8. The number of nitrogens with zero attached hydrogens (tertiary/aromatic N) is 2. The van der Waals surface area contributed by atoms with Gasteiger partial charge in [-0.2, -0.15) is 0 Å². The molecule has 1 aromatic carbocycles. The summed E-state index contributed by atoms with van der Waals surface area (Å²) in [4.78, 5) is 40.5.